The summed E-state index contributed by atoms with van der Waals surface area (Å²) >= 11 is 0. The molecule has 0 saturated carbocycles. The van der Waals surface area contributed by atoms with Crippen LogP contribution in [0.4, 0.5) is 11.4 Å². The van der Waals surface area contributed by atoms with Crippen molar-refractivity contribution in [3.8, 4) is 11.1 Å². The lowest BCUT2D eigenvalue weighted by atomic mass is 9.94. The van der Waals surface area contributed by atoms with Gasteiger partial charge in [0.2, 0.25) is 0 Å². The van der Waals surface area contributed by atoms with Gasteiger partial charge >= 0.3 is 0 Å². The fourth-order valence-corrected chi connectivity index (χ4v) is 6.66. The second kappa shape index (κ2) is 9.96. The fraction of sp³-hybridized carbons (Fsp3) is 0.0750. The standard InChI is InChI=1S/C40H30N2/c41-39-26-37(40-36-16-8-14-32(36)25-38(39)40)31-13-7-15-34(24-31)42(35-22-19-30(23-35)28-11-5-2-6-12-28)33-20-17-29(18-21-33)27-9-3-1-4-10-27/h1-7,9-22,24H,8,23,25,41H2. The highest BCUT2D eigenvalue weighted by atomic mass is 15.1. The Bertz CT molecular complexity index is 1960. The van der Waals surface area contributed by atoms with Gasteiger partial charge < -0.3 is 10.6 Å². The molecule has 8 rings (SSSR count). The van der Waals surface area contributed by atoms with E-state index >= 15 is 0 Å². The van der Waals surface area contributed by atoms with Gasteiger partial charge in [0, 0.05) is 41.1 Å². The van der Waals surface area contributed by atoms with E-state index < -0.39 is 0 Å². The Hall–Kier alpha value is -5.30. The molecular weight excluding hydrogens is 508 g/mol. The van der Waals surface area contributed by atoms with Crippen molar-refractivity contribution in [3.05, 3.63) is 184 Å². The maximum atomic E-state index is 6.52. The van der Waals surface area contributed by atoms with Gasteiger partial charge in [-0.1, -0.05) is 109 Å². The molecule has 200 valence electrons. The summed E-state index contributed by atoms with van der Waals surface area (Å²) in [6.07, 6.45) is 12.0. The van der Waals surface area contributed by atoms with E-state index in [9.17, 15) is 0 Å². The van der Waals surface area contributed by atoms with Gasteiger partial charge in [-0.3, -0.25) is 0 Å². The van der Waals surface area contributed by atoms with Crippen LogP contribution in [0.5, 0.6) is 0 Å². The summed E-state index contributed by atoms with van der Waals surface area (Å²) in [4.78, 5) is 2.40. The van der Waals surface area contributed by atoms with E-state index in [0.717, 1.165) is 47.5 Å². The zero-order valence-corrected chi connectivity index (χ0v) is 23.3. The first-order valence-corrected chi connectivity index (χ1v) is 14.6. The summed E-state index contributed by atoms with van der Waals surface area (Å²) in [6, 6.07) is 39.0. The molecule has 0 aliphatic heterocycles. The van der Waals surface area contributed by atoms with Crippen LogP contribution in [0.1, 0.15) is 30.4 Å². The third kappa shape index (κ3) is 4.13. The molecule has 0 heterocycles. The van der Waals surface area contributed by atoms with Crippen molar-refractivity contribution in [2.24, 2.45) is 5.73 Å². The van der Waals surface area contributed by atoms with E-state index in [0.29, 0.717) is 0 Å². The summed E-state index contributed by atoms with van der Waals surface area (Å²) in [5.41, 5.74) is 26.9. The molecule has 0 amide bonds. The normalized spacial score (nSPS) is 16.8. The number of nitrogens with zero attached hydrogens (tertiary/aromatic N) is 1. The molecule has 0 spiro atoms. The molecule has 0 radical (unpaired) electrons. The number of nitrogens with two attached hydrogens (primary N) is 1. The highest BCUT2D eigenvalue weighted by Gasteiger charge is 2.33. The molecule has 4 aromatic carbocycles. The number of hydrogen-bond donors (Lipinski definition) is 1. The first-order valence-electron chi connectivity index (χ1n) is 14.6. The number of benzene rings is 4. The largest absolute Gasteiger partial charge is 0.392 e. The first kappa shape index (κ1) is 24.5. The zero-order valence-electron chi connectivity index (χ0n) is 23.3. The van der Waals surface area contributed by atoms with E-state index in [1.807, 2.05) is 0 Å². The molecule has 0 bridgehead atoms. The fourth-order valence-electron chi connectivity index (χ4n) is 6.66. The molecule has 0 aromatic heterocycles. The van der Waals surface area contributed by atoms with Crippen LogP contribution in [0, 0.1) is 0 Å². The molecule has 4 aliphatic carbocycles. The zero-order chi connectivity index (χ0) is 28.0. The molecule has 2 heteroatoms. The van der Waals surface area contributed by atoms with Crippen LogP contribution in [0.2, 0.25) is 0 Å². The van der Waals surface area contributed by atoms with Gasteiger partial charge in [0.1, 0.15) is 0 Å². The van der Waals surface area contributed by atoms with Gasteiger partial charge in [-0.15, -0.1) is 0 Å². The van der Waals surface area contributed by atoms with Crippen molar-refractivity contribution < 1.29 is 0 Å². The highest BCUT2D eigenvalue weighted by molar-refractivity contribution is 5.94. The van der Waals surface area contributed by atoms with E-state index in [4.69, 9.17) is 5.73 Å². The number of fused-ring (bicyclic) bond motifs is 2. The molecule has 0 unspecified atom stereocenters. The van der Waals surface area contributed by atoms with Crippen molar-refractivity contribution in [1.29, 1.82) is 0 Å². The first-order chi connectivity index (χ1) is 20.7. The summed E-state index contributed by atoms with van der Waals surface area (Å²) in [5, 5.41) is 0. The topological polar surface area (TPSA) is 29.3 Å². The Labute approximate surface area is 247 Å². The minimum Gasteiger partial charge on any atom is -0.392 e. The molecule has 0 atom stereocenters. The summed E-state index contributed by atoms with van der Waals surface area (Å²) < 4.78 is 0. The van der Waals surface area contributed by atoms with E-state index in [1.54, 1.807) is 0 Å². The third-order valence-corrected chi connectivity index (χ3v) is 8.71. The molecule has 4 aromatic rings. The van der Waals surface area contributed by atoms with Crippen LogP contribution in [0.15, 0.2) is 173 Å². The van der Waals surface area contributed by atoms with E-state index in [1.165, 1.54) is 50.3 Å². The van der Waals surface area contributed by atoms with Gasteiger partial charge in [-0.05, 0) is 81.3 Å². The molecule has 4 aliphatic rings. The quantitative estimate of drug-likeness (QED) is 0.248. The molecule has 0 fully saturated rings. The van der Waals surface area contributed by atoms with Crippen LogP contribution in [-0.4, -0.2) is 0 Å². The lowest BCUT2D eigenvalue weighted by Crippen LogP contribution is -2.16. The summed E-state index contributed by atoms with van der Waals surface area (Å²) in [7, 11) is 0. The molecule has 42 heavy (non-hydrogen) atoms. The Kier molecular flexibility index (Phi) is 5.81. The number of anilines is 2. The molecule has 0 saturated heterocycles. The average Bonchev–Trinajstić information content (AvgIpc) is 3.83. The lowest BCUT2D eigenvalue weighted by molar-refractivity contribution is 1.10. The second-order valence-electron chi connectivity index (χ2n) is 11.2. The van der Waals surface area contributed by atoms with Gasteiger partial charge in [-0.25, -0.2) is 0 Å². The third-order valence-electron chi connectivity index (χ3n) is 8.71. The highest BCUT2D eigenvalue weighted by Crippen LogP contribution is 2.50. The number of rotatable bonds is 6. The van der Waals surface area contributed by atoms with Crippen molar-refractivity contribution in [3.63, 3.8) is 0 Å². The van der Waals surface area contributed by atoms with Gasteiger partial charge in [-0.2, -0.15) is 0 Å². The van der Waals surface area contributed by atoms with Crippen LogP contribution in [0.25, 0.3) is 22.3 Å². The minimum absolute atomic E-state index is 0.783. The molecule has 2 nitrogen and oxygen atoms in total. The predicted octanol–water partition coefficient (Wildman–Crippen LogP) is 9.66. The van der Waals surface area contributed by atoms with Crippen LogP contribution >= 0.6 is 0 Å². The smallest absolute Gasteiger partial charge is 0.0796 e. The van der Waals surface area contributed by atoms with Gasteiger partial charge in [0.05, 0.1) is 5.70 Å². The SMILES string of the molecule is NC1=C=C(c2cccc(N(C3=CC=C(c4ccccc4)C3)c3ccc(-c4ccccc4)cc3)c2)C2=C1CC1=CCC=C12. The monoisotopic (exact) mass is 538 g/mol. The van der Waals surface area contributed by atoms with E-state index in [2.05, 4.69) is 144 Å². The summed E-state index contributed by atoms with van der Waals surface area (Å²) in [5.74, 6) is 0. The second-order valence-corrected chi connectivity index (χ2v) is 11.2. The lowest BCUT2D eigenvalue weighted by Gasteiger charge is -2.28. The van der Waals surface area contributed by atoms with Gasteiger partial charge in [0.15, 0.2) is 0 Å². The van der Waals surface area contributed by atoms with Crippen LogP contribution < -0.4 is 10.6 Å². The van der Waals surface area contributed by atoms with Crippen molar-refractivity contribution in [2.45, 2.75) is 19.3 Å². The van der Waals surface area contributed by atoms with E-state index in [-0.39, 0.29) is 0 Å². The van der Waals surface area contributed by atoms with Crippen molar-refractivity contribution in [1.82, 2.24) is 0 Å². The van der Waals surface area contributed by atoms with Crippen LogP contribution in [-0.2, 0) is 0 Å². The Morgan fingerprint density at radius 3 is 2.10 bits per heavy atom. The van der Waals surface area contributed by atoms with Gasteiger partial charge in [0.25, 0.3) is 0 Å². The number of allylic oxidation sites excluding steroid dienone is 9. The summed E-state index contributed by atoms with van der Waals surface area (Å²) in [6.45, 7) is 0. The average molecular weight is 539 g/mol. The Morgan fingerprint density at radius 1 is 0.595 bits per heavy atom. The van der Waals surface area contributed by atoms with Crippen molar-refractivity contribution >= 4 is 22.5 Å². The maximum Gasteiger partial charge on any atom is 0.0796 e. The van der Waals surface area contributed by atoms with Crippen molar-refractivity contribution in [2.75, 3.05) is 4.90 Å². The van der Waals surface area contributed by atoms with Crippen LogP contribution in [0.3, 0.4) is 0 Å². The Morgan fingerprint density at radius 2 is 1.31 bits per heavy atom. The number of hydrogen-bond acceptors (Lipinski definition) is 2. The molecule has 2 N–H and O–H groups in total. The predicted molar refractivity (Wildman–Crippen MR) is 175 cm³/mol. The minimum atomic E-state index is 0.783. The Balaban J connectivity index is 1.19. The maximum absolute atomic E-state index is 6.52. The molecular formula is C40H30N2.